The molecule has 14 heavy (non-hydrogen) atoms. The van der Waals surface area contributed by atoms with Crippen molar-refractivity contribution in [2.75, 3.05) is 7.11 Å². The standard InChI is InChI=1S/C11H15NO2/c1-3-10(14-2)12-11(13)9-7-5-4-6-8-9/h4-8,10H,3H2,1-2H3,(H,12,13). The Morgan fingerprint density at radius 3 is 2.57 bits per heavy atom. The molecule has 0 radical (unpaired) electrons. The van der Waals surface area contributed by atoms with Crippen LogP contribution in [0.15, 0.2) is 30.3 Å². The normalized spacial score (nSPS) is 12.1. The fourth-order valence-electron chi connectivity index (χ4n) is 1.15. The largest absolute Gasteiger partial charge is 0.362 e. The van der Waals surface area contributed by atoms with Crippen LogP contribution in [0.1, 0.15) is 23.7 Å². The van der Waals surface area contributed by atoms with Crippen LogP contribution >= 0.6 is 0 Å². The number of hydrogen-bond donors (Lipinski definition) is 1. The minimum atomic E-state index is -0.206. The molecule has 1 unspecified atom stereocenters. The number of nitrogens with one attached hydrogen (secondary N) is 1. The molecule has 3 nitrogen and oxygen atoms in total. The van der Waals surface area contributed by atoms with E-state index in [-0.39, 0.29) is 12.1 Å². The number of carbonyl (C=O) groups is 1. The zero-order valence-corrected chi connectivity index (χ0v) is 8.49. The van der Waals surface area contributed by atoms with Gasteiger partial charge in [0.05, 0.1) is 0 Å². The average Bonchev–Trinajstić information content (AvgIpc) is 2.26. The Kier molecular flexibility index (Phi) is 4.13. The fraction of sp³-hybridized carbons (Fsp3) is 0.364. The Hall–Kier alpha value is -1.35. The Balaban J connectivity index is 2.59. The first-order valence-electron chi connectivity index (χ1n) is 4.66. The molecule has 0 spiro atoms. The topological polar surface area (TPSA) is 38.3 Å². The van der Waals surface area contributed by atoms with Gasteiger partial charge < -0.3 is 10.1 Å². The highest BCUT2D eigenvalue weighted by molar-refractivity contribution is 5.94. The summed E-state index contributed by atoms with van der Waals surface area (Å²) in [6.07, 6.45) is 0.553. The summed E-state index contributed by atoms with van der Waals surface area (Å²) in [4.78, 5) is 11.6. The molecule has 1 rings (SSSR count). The summed E-state index contributed by atoms with van der Waals surface area (Å²) in [5.41, 5.74) is 0.656. The molecule has 0 aromatic heterocycles. The number of hydrogen-bond acceptors (Lipinski definition) is 2. The lowest BCUT2D eigenvalue weighted by molar-refractivity contribution is 0.0562. The summed E-state index contributed by atoms with van der Waals surface area (Å²) in [5.74, 6) is -0.0979. The maximum atomic E-state index is 11.6. The molecule has 0 heterocycles. The smallest absolute Gasteiger partial charge is 0.253 e. The van der Waals surface area contributed by atoms with Crippen molar-refractivity contribution in [1.29, 1.82) is 0 Å². The third kappa shape index (κ3) is 2.85. The first-order chi connectivity index (χ1) is 6.77. The lowest BCUT2D eigenvalue weighted by Gasteiger charge is -2.14. The summed E-state index contributed by atoms with van der Waals surface area (Å²) < 4.78 is 5.06. The molecule has 1 aromatic carbocycles. The number of rotatable bonds is 4. The van der Waals surface area contributed by atoms with E-state index in [4.69, 9.17) is 4.74 Å². The van der Waals surface area contributed by atoms with Crippen molar-refractivity contribution in [3.05, 3.63) is 35.9 Å². The zero-order valence-electron chi connectivity index (χ0n) is 8.49. The quantitative estimate of drug-likeness (QED) is 0.740. The molecule has 1 amide bonds. The maximum absolute atomic E-state index is 11.6. The van der Waals surface area contributed by atoms with Crippen molar-refractivity contribution in [2.24, 2.45) is 0 Å². The Morgan fingerprint density at radius 2 is 2.07 bits per heavy atom. The van der Waals surface area contributed by atoms with Crippen LogP contribution in [-0.4, -0.2) is 19.2 Å². The van der Waals surface area contributed by atoms with Gasteiger partial charge in [-0.15, -0.1) is 0 Å². The van der Waals surface area contributed by atoms with Crippen LogP contribution < -0.4 is 5.32 Å². The van der Waals surface area contributed by atoms with Gasteiger partial charge in [-0.05, 0) is 18.6 Å². The van der Waals surface area contributed by atoms with Gasteiger partial charge in [0.1, 0.15) is 6.23 Å². The van der Waals surface area contributed by atoms with Gasteiger partial charge in [-0.1, -0.05) is 25.1 Å². The average molecular weight is 193 g/mol. The summed E-state index contributed by atoms with van der Waals surface area (Å²) in [6, 6.07) is 9.10. The summed E-state index contributed by atoms with van der Waals surface area (Å²) in [7, 11) is 1.58. The molecule has 0 saturated heterocycles. The predicted octanol–water partition coefficient (Wildman–Crippen LogP) is 1.80. The summed E-state index contributed by atoms with van der Waals surface area (Å²) in [6.45, 7) is 1.96. The van der Waals surface area contributed by atoms with Crippen LogP contribution in [0.3, 0.4) is 0 Å². The van der Waals surface area contributed by atoms with E-state index in [1.54, 1.807) is 19.2 Å². The molecular formula is C11H15NO2. The number of methoxy groups -OCH3 is 1. The summed E-state index contributed by atoms with van der Waals surface area (Å²) >= 11 is 0. The van der Waals surface area contributed by atoms with Gasteiger partial charge in [0.15, 0.2) is 0 Å². The molecule has 76 valence electrons. The van der Waals surface area contributed by atoms with Crippen molar-refractivity contribution in [1.82, 2.24) is 5.32 Å². The molecule has 3 heteroatoms. The van der Waals surface area contributed by atoms with Gasteiger partial charge in [0.2, 0.25) is 0 Å². The molecule has 0 fully saturated rings. The van der Waals surface area contributed by atoms with Gasteiger partial charge in [-0.3, -0.25) is 4.79 Å². The van der Waals surface area contributed by atoms with Gasteiger partial charge in [0.25, 0.3) is 5.91 Å². The fourth-order valence-corrected chi connectivity index (χ4v) is 1.15. The van der Waals surface area contributed by atoms with Crippen LogP contribution in [0.2, 0.25) is 0 Å². The monoisotopic (exact) mass is 193 g/mol. The van der Waals surface area contributed by atoms with E-state index < -0.39 is 0 Å². The second kappa shape index (κ2) is 5.40. The van der Waals surface area contributed by atoms with Crippen LogP contribution in [0.25, 0.3) is 0 Å². The lowest BCUT2D eigenvalue weighted by Crippen LogP contribution is -2.35. The van der Waals surface area contributed by atoms with Crippen molar-refractivity contribution < 1.29 is 9.53 Å². The van der Waals surface area contributed by atoms with Crippen LogP contribution in [0.4, 0.5) is 0 Å². The molecule has 0 aliphatic rings. The predicted molar refractivity (Wildman–Crippen MR) is 55.0 cm³/mol. The van der Waals surface area contributed by atoms with Gasteiger partial charge in [-0.25, -0.2) is 0 Å². The second-order valence-electron chi connectivity index (χ2n) is 2.97. The van der Waals surface area contributed by atoms with Crippen molar-refractivity contribution in [3.63, 3.8) is 0 Å². The number of benzene rings is 1. The van der Waals surface area contributed by atoms with Crippen LogP contribution in [0, 0.1) is 0 Å². The molecule has 1 N–H and O–H groups in total. The van der Waals surface area contributed by atoms with E-state index in [9.17, 15) is 4.79 Å². The zero-order chi connectivity index (χ0) is 10.4. The third-order valence-electron chi connectivity index (χ3n) is 1.98. The molecule has 0 bridgehead atoms. The van der Waals surface area contributed by atoms with E-state index in [1.165, 1.54) is 0 Å². The highest BCUT2D eigenvalue weighted by Gasteiger charge is 2.09. The number of ether oxygens (including phenoxy) is 1. The first kappa shape index (κ1) is 10.7. The van der Waals surface area contributed by atoms with Crippen LogP contribution in [0.5, 0.6) is 0 Å². The summed E-state index contributed by atoms with van der Waals surface area (Å²) in [5, 5.41) is 2.77. The SMILES string of the molecule is CCC(NC(=O)c1ccccc1)OC. The van der Waals surface area contributed by atoms with E-state index in [0.29, 0.717) is 5.56 Å². The minimum absolute atomic E-state index is 0.0979. The minimum Gasteiger partial charge on any atom is -0.362 e. The van der Waals surface area contributed by atoms with Crippen molar-refractivity contribution in [2.45, 2.75) is 19.6 Å². The first-order valence-corrected chi connectivity index (χ1v) is 4.66. The van der Waals surface area contributed by atoms with Gasteiger partial charge in [0, 0.05) is 12.7 Å². The Morgan fingerprint density at radius 1 is 1.43 bits per heavy atom. The number of carbonyl (C=O) groups excluding carboxylic acids is 1. The highest BCUT2D eigenvalue weighted by atomic mass is 16.5. The second-order valence-corrected chi connectivity index (χ2v) is 2.97. The third-order valence-corrected chi connectivity index (χ3v) is 1.98. The Labute approximate surface area is 84.1 Å². The number of amides is 1. The molecule has 0 aliphatic heterocycles. The van der Waals surface area contributed by atoms with E-state index in [0.717, 1.165) is 6.42 Å². The molecule has 1 atom stereocenters. The maximum Gasteiger partial charge on any atom is 0.253 e. The van der Waals surface area contributed by atoms with E-state index in [1.807, 2.05) is 25.1 Å². The van der Waals surface area contributed by atoms with Crippen molar-refractivity contribution in [3.8, 4) is 0 Å². The lowest BCUT2D eigenvalue weighted by atomic mass is 10.2. The van der Waals surface area contributed by atoms with E-state index >= 15 is 0 Å². The highest BCUT2D eigenvalue weighted by Crippen LogP contribution is 2.00. The molecular weight excluding hydrogens is 178 g/mol. The van der Waals surface area contributed by atoms with Crippen molar-refractivity contribution >= 4 is 5.91 Å². The molecule has 1 aromatic rings. The van der Waals surface area contributed by atoms with Gasteiger partial charge in [-0.2, -0.15) is 0 Å². The molecule has 0 aliphatic carbocycles. The molecule has 0 saturated carbocycles. The van der Waals surface area contributed by atoms with Gasteiger partial charge >= 0.3 is 0 Å². The Bertz CT molecular complexity index is 281. The van der Waals surface area contributed by atoms with E-state index in [2.05, 4.69) is 5.32 Å². The van der Waals surface area contributed by atoms with Crippen LogP contribution in [-0.2, 0) is 4.74 Å².